The molecular formula is C9H7BrCl2O3S. The van der Waals surface area contributed by atoms with Crippen LogP contribution in [0.2, 0.25) is 5.02 Å². The monoisotopic (exact) mass is 344 g/mol. The number of rotatable bonds is 4. The van der Waals surface area contributed by atoms with Crippen LogP contribution >= 0.6 is 38.2 Å². The lowest BCUT2D eigenvalue weighted by atomic mass is 10.3. The lowest BCUT2D eigenvalue weighted by Gasteiger charge is -2.08. The molecule has 0 heterocycles. The number of hydrogen-bond donors (Lipinski definition) is 0. The zero-order chi connectivity index (χ0) is 12.3. The molecule has 0 saturated heterocycles. The number of ether oxygens (including phenoxy) is 1. The van der Waals surface area contributed by atoms with Crippen LogP contribution < -0.4 is 4.74 Å². The third-order valence-electron chi connectivity index (χ3n) is 1.55. The molecule has 0 fully saturated rings. The molecule has 0 atom stereocenters. The van der Waals surface area contributed by atoms with E-state index in [1.54, 1.807) is 0 Å². The first kappa shape index (κ1) is 13.8. The van der Waals surface area contributed by atoms with Crippen molar-refractivity contribution in [2.24, 2.45) is 0 Å². The zero-order valence-electron chi connectivity index (χ0n) is 7.91. The quantitative estimate of drug-likeness (QED) is 0.784. The number of halogens is 3. The van der Waals surface area contributed by atoms with Crippen LogP contribution in [0.3, 0.4) is 0 Å². The highest BCUT2D eigenvalue weighted by molar-refractivity contribution is 9.11. The van der Waals surface area contributed by atoms with Crippen molar-refractivity contribution in [3.05, 3.63) is 34.3 Å². The van der Waals surface area contributed by atoms with Crippen LogP contribution in [0.5, 0.6) is 5.75 Å². The summed E-state index contributed by atoms with van der Waals surface area (Å²) in [5.41, 5.74) is 0. The average Bonchev–Trinajstić information content (AvgIpc) is 2.14. The molecular weight excluding hydrogens is 339 g/mol. The van der Waals surface area contributed by atoms with Crippen molar-refractivity contribution in [1.29, 1.82) is 0 Å². The maximum absolute atomic E-state index is 11.2. The summed E-state index contributed by atoms with van der Waals surface area (Å²) >= 11 is 8.77. The smallest absolute Gasteiger partial charge is 0.265 e. The molecule has 0 aliphatic heterocycles. The highest BCUT2D eigenvalue weighted by Crippen LogP contribution is 2.30. The third-order valence-corrected chi connectivity index (χ3v) is 3.36. The third kappa shape index (κ3) is 3.97. The summed E-state index contributed by atoms with van der Waals surface area (Å²) in [6.07, 6.45) is 0. The molecule has 1 aromatic carbocycles. The summed E-state index contributed by atoms with van der Waals surface area (Å²) in [6.45, 7) is 3.70. The van der Waals surface area contributed by atoms with Gasteiger partial charge < -0.3 is 4.74 Å². The van der Waals surface area contributed by atoms with E-state index >= 15 is 0 Å². The van der Waals surface area contributed by atoms with Gasteiger partial charge in [-0.15, -0.1) is 0 Å². The summed E-state index contributed by atoms with van der Waals surface area (Å²) in [4.78, 5) is -0.157. The van der Waals surface area contributed by atoms with Crippen molar-refractivity contribution < 1.29 is 13.2 Å². The van der Waals surface area contributed by atoms with E-state index < -0.39 is 9.05 Å². The topological polar surface area (TPSA) is 43.4 Å². The van der Waals surface area contributed by atoms with Crippen molar-refractivity contribution in [2.45, 2.75) is 4.90 Å². The van der Waals surface area contributed by atoms with Crippen LogP contribution in [0, 0.1) is 0 Å². The lowest BCUT2D eigenvalue weighted by molar-refractivity contribution is 0.351. The molecule has 0 radical (unpaired) electrons. The minimum Gasteiger partial charge on any atom is -0.487 e. The molecule has 16 heavy (non-hydrogen) atoms. The first-order valence-electron chi connectivity index (χ1n) is 4.01. The van der Waals surface area contributed by atoms with Crippen molar-refractivity contribution in [3.63, 3.8) is 0 Å². The Labute approximate surface area is 112 Å². The van der Waals surface area contributed by atoms with E-state index in [0.29, 0.717) is 4.48 Å². The second kappa shape index (κ2) is 5.40. The molecule has 0 unspecified atom stereocenters. The van der Waals surface area contributed by atoms with Gasteiger partial charge in [-0.1, -0.05) is 34.1 Å². The Hall–Kier alpha value is -0.230. The van der Waals surface area contributed by atoms with E-state index in [4.69, 9.17) is 27.0 Å². The van der Waals surface area contributed by atoms with Crippen LogP contribution in [0.1, 0.15) is 0 Å². The molecule has 1 aromatic rings. The Morgan fingerprint density at radius 3 is 2.62 bits per heavy atom. The van der Waals surface area contributed by atoms with E-state index in [1.165, 1.54) is 18.2 Å². The van der Waals surface area contributed by atoms with Gasteiger partial charge in [0, 0.05) is 20.2 Å². The normalized spacial score (nSPS) is 11.2. The Morgan fingerprint density at radius 2 is 2.12 bits per heavy atom. The van der Waals surface area contributed by atoms with Gasteiger partial charge in [-0.25, -0.2) is 8.42 Å². The number of benzene rings is 1. The van der Waals surface area contributed by atoms with Crippen molar-refractivity contribution >= 4 is 47.3 Å². The highest BCUT2D eigenvalue weighted by atomic mass is 79.9. The van der Waals surface area contributed by atoms with Gasteiger partial charge in [0.05, 0.1) is 0 Å². The Kier molecular flexibility index (Phi) is 4.67. The van der Waals surface area contributed by atoms with Crippen LogP contribution in [0.25, 0.3) is 0 Å². The Bertz CT molecular complexity index is 513. The molecule has 0 saturated carbocycles. The largest absolute Gasteiger partial charge is 0.487 e. The van der Waals surface area contributed by atoms with E-state index in [2.05, 4.69) is 22.5 Å². The molecule has 0 spiro atoms. The Morgan fingerprint density at radius 1 is 1.50 bits per heavy atom. The maximum atomic E-state index is 11.2. The standard InChI is InChI=1S/C9H7BrCl2O3S/c1-6(10)5-15-8-3-2-7(11)4-9(8)16(12,13)14/h2-4H,1,5H2. The summed E-state index contributed by atoms with van der Waals surface area (Å²) in [6, 6.07) is 4.18. The predicted octanol–water partition coefficient (Wildman–Crippen LogP) is 3.55. The fraction of sp³-hybridized carbons (Fsp3) is 0.111. The molecule has 88 valence electrons. The highest BCUT2D eigenvalue weighted by Gasteiger charge is 2.17. The van der Waals surface area contributed by atoms with Crippen LogP contribution in [-0.4, -0.2) is 15.0 Å². The van der Waals surface area contributed by atoms with E-state index in [9.17, 15) is 8.42 Å². The van der Waals surface area contributed by atoms with Gasteiger partial charge in [-0.3, -0.25) is 0 Å². The van der Waals surface area contributed by atoms with Gasteiger partial charge in [0.15, 0.2) is 0 Å². The second-order valence-corrected chi connectivity index (χ2v) is 6.93. The fourth-order valence-corrected chi connectivity index (χ4v) is 2.30. The predicted molar refractivity (Wildman–Crippen MR) is 68.1 cm³/mol. The SMILES string of the molecule is C=C(Br)COc1ccc(Cl)cc1S(=O)(=O)Cl. The van der Waals surface area contributed by atoms with Gasteiger partial charge in [-0.2, -0.15) is 0 Å². The van der Waals surface area contributed by atoms with Gasteiger partial charge in [0.25, 0.3) is 9.05 Å². The Balaban J connectivity index is 3.13. The van der Waals surface area contributed by atoms with Gasteiger partial charge in [0.2, 0.25) is 0 Å². The van der Waals surface area contributed by atoms with Gasteiger partial charge in [0.1, 0.15) is 17.3 Å². The molecule has 0 amide bonds. The van der Waals surface area contributed by atoms with Crippen LogP contribution in [-0.2, 0) is 9.05 Å². The molecule has 0 aliphatic rings. The molecule has 1 rings (SSSR count). The first-order chi connectivity index (χ1) is 7.30. The first-order valence-corrected chi connectivity index (χ1v) is 7.49. The average molecular weight is 346 g/mol. The summed E-state index contributed by atoms with van der Waals surface area (Å²) < 4.78 is 28.3. The van der Waals surface area contributed by atoms with Crippen LogP contribution in [0.4, 0.5) is 0 Å². The van der Waals surface area contributed by atoms with Crippen molar-refractivity contribution in [1.82, 2.24) is 0 Å². The fourth-order valence-electron chi connectivity index (χ4n) is 0.948. The van der Waals surface area contributed by atoms with E-state index in [-0.39, 0.29) is 22.3 Å². The van der Waals surface area contributed by atoms with E-state index in [0.717, 1.165) is 0 Å². The van der Waals surface area contributed by atoms with Gasteiger partial charge >= 0.3 is 0 Å². The van der Waals surface area contributed by atoms with E-state index in [1.807, 2.05) is 0 Å². The number of hydrogen-bond acceptors (Lipinski definition) is 3. The zero-order valence-corrected chi connectivity index (χ0v) is 11.8. The molecule has 0 bridgehead atoms. The molecule has 0 N–H and O–H groups in total. The molecule has 7 heteroatoms. The molecule has 3 nitrogen and oxygen atoms in total. The summed E-state index contributed by atoms with van der Waals surface area (Å²) in [5, 5.41) is 0.268. The second-order valence-electron chi connectivity index (χ2n) is 2.83. The summed E-state index contributed by atoms with van der Waals surface area (Å²) in [7, 11) is 1.36. The maximum Gasteiger partial charge on any atom is 0.265 e. The van der Waals surface area contributed by atoms with Gasteiger partial charge in [-0.05, 0) is 18.2 Å². The summed E-state index contributed by atoms with van der Waals surface area (Å²) in [5.74, 6) is 0.139. The minimum absolute atomic E-state index is 0.139. The minimum atomic E-state index is -3.89. The molecule has 0 aromatic heterocycles. The van der Waals surface area contributed by atoms with Crippen molar-refractivity contribution in [2.75, 3.05) is 6.61 Å². The van der Waals surface area contributed by atoms with Crippen molar-refractivity contribution in [3.8, 4) is 5.75 Å². The lowest BCUT2D eigenvalue weighted by Crippen LogP contribution is -2.01. The molecule has 0 aliphatic carbocycles. The van der Waals surface area contributed by atoms with Crippen LogP contribution in [0.15, 0.2) is 34.2 Å².